The quantitative estimate of drug-likeness (QED) is 0.0222. The van der Waals surface area contributed by atoms with Gasteiger partial charge in [0, 0.05) is 25.7 Å². The van der Waals surface area contributed by atoms with E-state index in [2.05, 4.69) is 41.5 Å². The van der Waals surface area contributed by atoms with E-state index in [4.69, 9.17) is 37.0 Å². The number of hydrogen-bond donors (Lipinski definition) is 3. The maximum atomic E-state index is 13.1. The SMILES string of the molecule is CCCCCCCCCCCCCCCCCCC(=O)OC[C@H](COP(=O)(O)OC[C@@H](O)COP(=O)(O)OC[C@@H](COC(=O)CCCCCCCCC)OC(=O)CCCCCCCCCCCC(C)C)OC(=O)CCCCCCCCCCCCCCCCCCCCC(C)CC. The van der Waals surface area contributed by atoms with Gasteiger partial charge in [0.15, 0.2) is 12.2 Å². The monoisotopic (exact) mass is 1420 g/mol. The molecule has 0 aromatic rings. The van der Waals surface area contributed by atoms with Crippen LogP contribution in [-0.2, 0) is 65.4 Å². The molecule has 0 heterocycles. The number of unbranched alkanes of at least 4 members (excludes halogenated alkanes) is 46. The van der Waals surface area contributed by atoms with Gasteiger partial charge >= 0.3 is 39.5 Å². The molecule has 576 valence electrons. The van der Waals surface area contributed by atoms with Crippen molar-refractivity contribution >= 4 is 39.5 Å². The minimum Gasteiger partial charge on any atom is -0.462 e. The molecule has 17 nitrogen and oxygen atoms in total. The van der Waals surface area contributed by atoms with Crippen LogP contribution in [0.15, 0.2) is 0 Å². The Morgan fingerprint density at radius 2 is 0.526 bits per heavy atom. The van der Waals surface area contributed by atoms with Gasteiger partial charge in [-0.25, -0.2) is 9.13 Å². The molecule has 0 saturated carbocycles. The molecule has 0 aliphatic rings. The number of hydrogen-bond acceptors (Lipinski definition) is 15. The van der Waals surface area contributed by atoms with Gasteiger partial charge in [-0.2, -0.15) is 0 Å². The molecule has 6 atom stereocenters. The highest BCUT2D eigenvalue weighted by Crippen LogP contribution is 2.45. The summed E-state index contributed by atoms with van der Waals surface area (Å²) >= 11 is 0. The summed E-state index contributed by atoms with van der Waals surface area (Å²) in [4.78, 5) is 72.7. The van der Waals surface area contributed by atoms with Gasteiger partial charge in [-0.1, -0.05) is 356 Å². The first-order valence-electron chi connectivity index (χ1n) is 40.5. The van der Waals surface area contributed by atoms with Crippen LogP contribution >= 0.6 is 15.6 Å². The van der Waals surface area contributed by atoms with Crippen molar-refractivity contribution < 1.29 is 80.2 Å². The molecule has 19 heteroatoms. The number of carbonyl (C=O) groups excluding carboxylic acids is 4. The van der Waals surface area contributed by atoms with E-state index in [1.165, 1.54) is 212 Å². The van der Waals surface area contributed by atoms with Gasteiger partial charge in [0.05, 0.1) is 26.4 Å². The molecule has 0 aromatic carbocycles. The van der Waals surface area contributed by atoms with Crippen LogP contribution < -0.4 is 0 Å². The Hall–Kier alpha value is -1.94. The number of carbonyl (C=O) groups is 4. The van der Waals surface area contributed by atoms with Crippen molar-refractivity contribution in [2.45, 2.75) is 426 Å². The molecule has 0 aromatic heterocycles. The van der Waals surface area contributed by atoms with E-state index in [1.54, 1.807) is 0 Å². The van der Waals surface area contributed by atoms with E-state index < -0.39 is 97.5 Å². The predicted molar refractivity (Wildman–Crippen MR) is 395 cm³/mol. The second-order valence-corrected chi connectivity index (χ2v) is 31.7. The van der Waals surface area contributed by atoms with Crippen LogP contribution in [-0.4, -0.2) is 96.7 Å². The fraction of sp³-hybridized carbons (Fsp3) is 0.949. The lowest BCUT2D eigenvalue weighted by atomic mass is 9.99. The fourth-order valence-electron chi connectivity index (χ4n) is 12.0. The topological polar surface area (TPSA) is 237 Å². The molecular weight excluding hydrogens is 1270 g/mol. The highest BCUT2D eigenvalue weighted by atomic mass is 31.2. The predicted octanol–water partition coefficient (Wildman–Crippen LogP) is 23.1. The third kappa shape index (κ3) is 70.9. The number of ether oxygens (including phenoxy) is 4. The molecule has 0 fully saturated rings. The minimum absolute atomic E-state index is 0.105. The summed E-state index contributed by atoms with van der Waals surface area (Å²) < 4.78 is 68.5. The van der Waals surface area contributed by atoms with Crippen LogP contribution in [0, 0.1) is 11.8 Å². The normalized spacial score (nSPS) is 14.2. The highest BCUT2D eigenvalue weighted by molar-refractivity contribution is 7.47. The largest absolute Gasteiger partial charge is 0.472 e. The number of rotatable bonds is 77. The lowest BCUT2D eigenvalue weighted by molar-refractivity contribution is -0.161. The molecule has 0 rings (SSSR count). The van der Waals surface area contributed by atoms with Gasteiger partial charge in [0.2, 0.25) is 0 Å². The number of aliphatic hydroxyl groups excluding tert-OH is 1. The molecule has 0 bridgehead atoms. The molecule has 3 N–H and O–H groups in total. The molecule has 0 aliphatic carbocycles. The zero-order valence-electron chi connectivity index (χ0n) is 63.4. The van der Waals surface area contributed by atoms with E-state index >= 15 is 0 Å². The first-order chi connectivity index (χ1) is 46.9. The second kappa shape index (κ2) is 69.8. The fourth-order valence-corrected chi connectivity index (χ4v) is 13.6. The Morgan fingerprint density at radius 1 is 0.299 bits per heavy atom. The van der Waals surface area contributed by atoms with Crippen LogP contribution in [0.25, 0.3) is 0 Å². The standard InChI is InChI=1S/C78H152O17P2/c1-7-10-12-14-16-17-18-19-20-26-29-32-37-43-49-55-61-76(81)89-67-74(95-77(82)62-56-50-44-38-33-30-27-24-22-21-23-25-28-31-36-42-47-53-59-71(6)9-3)69-93-97(86,87)91-65-72(79)64-90-96(84,85)92-68-73(66-88-75(80)60-54-48-40-15-13-11-8-2)94-78(83)63-57-51-45-39-34-35-41-46-52-58-70(4)5/h70-74,79H,7-69H2,1-6H3,(H,84,85)(H,86,87)/t71?,72-,73+,74+/m0/s1. The minimum atomic E-state index is -4.96. The summed E-state index contributed by atoms with van der Waals surface area (Å²) in [6, 6.07) is 0. The summed E-state index contributed by atoms with van der Waals surface area (Å²) in [5.74, 6) is -0.510. The van der Waals surface area contributed by atoms with Crippen LogP contribution in [0.2, 0.25) is 0 Å². The highest BCUT2D eigenvalue weighted by Gasteiger charge is 2.30. The summed E-state index contributed by atoms with van der Waals surface area (Å²) in [5.41, 5.74) is 0. The molecule has 0 radical (unpaired) electrons. The molecular formula is C78H152O17P2. The Kier molecular flexibility index (Phi) is 68.4. The molecule has 0 aliphatic heterocycles. The van der Waals surface area contributed by atoms with Crippen molar-refractivity contribution in [2.75, 3.05) is 39.6 Å². The third-order valence-electron chi connectivity index (χ3n) is 18.6. The van der Waals surface area contributed by atoms with Crippen LogP contribution in [0.3, 0.4) is 0 Å². The smallest absolute Gasteiger partial charge is 0.462 e. The van der Waals surface area contributed by atoms with Crippen molar-refractivity contribution in [2.24, 2.45) is 11.8 Å². The van der Waals surface area contributed by atoms with E-state index in [0.29, 0.717) is 25.7 Å². The van der Waals surface area contributed by atoms with Gasteiger partial charge in [-0.15, -0.1) is 0 Å². The summed E-state index contributed by atoms with van der Waals surface area (Å²) in [7, 11) is -9.91. The number of aliphatic hydroxyl groups is 1. The van der Waals surface area contributed by atoms with Crippen molar-refractivity contribution in [3.63, 3.8) is 0 Å². The zero-order chi connectivity index (χ0) is 71.4. The average Bonchev–Trinajstić information content (AvgIpc) is 1.66. The third-order valence-corrected chi connectivity index (χ3v) is 20.5. The van der Waals surface area contributed by atoms with E-state index in [1.807, 2.05) is 0 Å². The Bertz CT molecular complexity index is 1870. The molecule has 0 amide bonds. The summed E-state index contributed by atoms with van der Waals surface area (Å²) in [6.45, 7) is 9.61. The van der Waals surface area contributed by atoms with Crippen molar-refractivity contribution in [1.82, 2.24) is 0 Å². The molecule has 3 unspecified atom stereocenters. The average molecular weight is 1420 g/mol. The van der Waals surface area contributed by atoms with Gasteiger partial charge in [0.1, 0.15) is 19.3 Å². The van der Waals surface area contributed by atoms with Crippen LogP contribution in [0.5, 0.6) is 0 Å². The Labute approximate surface area is 594 Å². The van der Waals surface area contributed by atoms with Gasteiger partial charge in [-0.3, -0.25) is 37.3 Å². The number of phosphoric acid groups is 2. The maximum Gasteiger partial charge on any atom is 0.472 e. The molecule has 0 saturated heterocycles. The zero-order valence-corrected chi connectivity index (χ0v) is 65.2. The van der Waals surface area contributed by atoms with Gasteiger partial charge in [-0.05, 0) is 37.5 Å². The molecule has 0 spiro atoms. The van der Waals surface area contributed by atoms with E-state index in [9.17, 15) is 43.2 Å². The van der Waals surface area contributed by atoms with E-state index in [0.717, 1.165) is 115 Å². The number of phosphoric ester groups is 2. The van der Waals surface area contributed by atoms with Crippen molar-refractivity contribution in [3.8, 4) is 0 Å². The van der Waals surface area contributed by atoms with E-state index in [-0.39, 0.29) is 25.7 Å². The maximum absolute atomic E-state index is 13.1. The van der Waals surface area contributed by atoms with Crippen LogP contribution in [0.4, 0.5) is 0 Å². The van der Waals surface area contributed by atoms with Crippen LogP contribution in [0.1, 0.15) is 408 Å². The lowest BCUT2D eigenvalue weighted by Gasteiger charge is -2.21. The van der Waals surface area contributed by atoms with Gasteiger partial charge in [0.25, 0.3) is 0 Å². The second-order valence-electron chi connectivity index (χ2n) is 28.8. The van der Waals surface area contributed by atoms with Crippen molar-refractivity contribution in [1.29, 1.82) is 0 Å². The summed E-state index contributed by atoms with van der Waals surface area (Å²) in [5, 5.41) is 10.6. The number of esters is 4. The first kappa shape index (κ1) is 95.1. The van der Waals surface area contributed by atoms with Crippen molar-refractivity contribution in [3.05, 3.63) is 0 Å². The Morgan fingerprint density at radius 3 is 0.784 bits per heavy atom. The van der Waals surface area contributed by atoms with Gasteiger partial charge < -0.3 is 33.8 Å². The Balaban J connectivity index is 5.16. The molecule has 97 heavy (non-hydrogen) atoms. The first-order valence-corrected chi connectivity index (χ1v) is 43.5. The summed E-state index contributed by atoms with van der Waals surface area (Å²) in [6.07, 6.45) is 58.5. The lowest BCUT2D eigenvalue weighted by Crippen LogP contribution is -2.30.